The smallest absolute Gasteiger partial charge is 0.337 e. The quantitative estimate of drug-likeness (QED) is 0.882. The molecule has 0 unspecified atom stereocenters. The number of benzene rings is 1. The third-order valence-corrected chi connectivity index (χ3v) is 3.30. The van der Waals surface area contributed by atoms with E-state index < -0.39 is 5.97 Å². The van der Waals surface area contributed by atoms with Gasteiger partial charge in [-0.05, 0) is 31.2 Å². The Bertz CT molecular complexity index is 660. The van der Waals surface area contributed by atoms with Gasteiger partial charge in [-0.15, -0.1) is 0 Å². The van der Waals surface area contributed by atoms with Crippen molar-refractivity contribution >= 4 is 5.97 Å². The molecule has 5 heteroatoms. The second-order valence-electron chi connectivity index (χ2n) is 4.74. The zero-order valence-corrected chi connectivity index (χ0v) is 11.1. The van der Waals surface area contributed by atoms with Crippen molar-refractivity contribution in [2.24, 2.45) is 0 Å². The zero-order valence-electron chi connectivity index (χ0n) is 11.1. The van der Waals surface area contributed by atoms with Crippen molar-refractivity contribution in [2.45, 2.75) is 13.3 Å². The first-order valence-corrected chi connectivity index (χ1v) is 6.48. The normalized spacial score (nSPS) is 13.8. The highest BCUT2D eigenvalue weighted by Gasteiger charge is 2.15. The average molecular weight is 273 g/mol. The van der Waals surface area contributed by atoms with Gasteiger partial charge in [0.2, 0.25) is 0 Å². The number of hydrogen-bond acceptors (Lipinski definition) is 3. The number of rotatable bonds is 2. The van der Waals surface area contributed by atoms with E-state index in [-0.39, 0.29) is 5.56 Å². The molecule has 1 aromatic carbocycles. The van der Waals surface area contributed by atoms with Crippen molar-refractivity contribution in [3.8, 4) is 22.8 Å². The molecule has 0 radical (unpaired) electrons. The summed E-state index contributed by atoms with van der Waals surface area (Å²) in [6, 6.07) is 7.26. The molecule has 2 N–H and O–H groups in total. The maximum absolute atomic E-state index is 11.1. The molecule has 1 aromatic heterocycles. The van der Waals surface area contributed by atoms with Gasteiger partial charge in [0.05, 0.1) is 18.8 Å². The van der Waals surface area contributed by atoms with E-state index in [4.69, 9.17) is 14.6 Å². The molecule has 1 aliphatic rings. The van der Waals surface area contributed by atoms with Gasteiger partial charge in [0.25, 0.3) is 0 Å². The van der Waals surface area contributed by atoms with Crippen LogP contribution < -0.4 is 9.47 Å². The number of carbonyl (C=O) groups is 1. The van der Waals surface area contributed by atoms with Crippen LogP contribution in [0.4, 0.5) is 0 Å². The summed E-state index contributed by atoms with van der Waals surface area (Å²) in [4.78, 5) is 14.2. The van der Waals surface area contributed by atoms with Gasteiger partial charge >= 0.3 is 5.97 Å². The largest absolute Gasteiger partial charge is 0.490 e. The second-order valence-corrected chi connectivity index (χ2v) is 4.74. The molecule has 0 atom stereocenters. The van der Waals surface area contributed by atoms with Crippen molar-refractivity contribution in [1.82, 2.24) is 4.98 Å². The topological polar surface area (TPSA) is 71.5 Å². The lowest BCUT2D eigenvalue weighted by Crippen LogP contribution is -1.97. The minimum absolute atomic E-state index is 0.284. The van der Waals surface area contributed by atoms with Crippen molar-refractivity contribution in [2.75, 3.05) is 13.2 Å². The molecule has 0 aliphatic carbocycles. The molecule has 0 bridgehead atoms. The maximum Gasteiger partial charge on any atom is 0.337 e. The summed E-state index contributed by atoms with van der Waals surface area (Å²) < 4.78 is 11.2. The van der Waals surface area contributed by atoms with E-state index >= 15 is 0 Å². The van der Waals surface area contributed by atoms with Crippen LogP contribution in [0.3, 0.4) is 0 Å². The zero-order chi connectivity index (χ0) is 14.1. The van der Waals surface area contributed by atoms with E-state index in [0.29, 0.717) is 24.7 Å². The Hall–Kier alpha value is -2.43. The predicted octanol–water partition coefficient (Wildman–Crippen LogP) is 2.85. The van der Waals surface area contributed by atoms with E-state index in [2.05, 4.69) is 4.98 Å². The number of aromatic amines is 1. The van der Waals surface area contributed by atoms with Crippen LogP contribution >= 0.6 is 0 Å². The minimum Gasteiger partial charge on any atom is -0.490 e. The van der Waals surface area contributed by atoms with Crippen LogP contribution in [0.5, 0.6) is 11.5 Å². The lowest BCUT2D eigenvalue weighted by Gasteiger charge is -2.08. The van der Waals surface area contributed by atoms with Crippen molar-refractivity contribution in [3.63, 3.8) is 0 Å². The molecule has 2 aromatic rings. The number of aromatic nitrogens is 1. The van der Waals surface area contributed by atoms with E-state index in [1.165, 1.54) is 0 Å². The number of carboxylic acids is 1. The SMILES string of the molecule is Cc1[nH]c(-c2ccc3c(c2)OCCCO3)cc1C(=O)O. The highest BCUT2D eigenvalue weighted by Crippen LogP contribution is 2.34. The third kappa shape index (κ3) is 2.22. The Labute approximate surface area is 116 Å². The summed E-state index contributed by atoms with van der Waals surface area (Å²) in [5, 5.41) is 9.09. The summed E-state index contributed by atoms with van der Waals surface area (Å²) in [6.07, 6.45) is 0.856. The third-order valence-electron chi connectivity index (χ3n) is 3.30. The van der Waals surface area contributed by atoms with Crippen LogP contribution in [0.1, 0.15) is 22.5 Å². The van der Waals surface area contributed by atoms with Gasteiger partial charge in [-0.1, -0.05) is 0 Å². The monoisotopic (exact) mass is 273 g/mol. The number of aromatic carboxylic acids is 1. The Balaban J connectivity index is 2.00. The number of ether oxygens (including phenoxy) is 2. The first-order chi connectivity index (χ1) is 9.65. The molecular formula is C15H15NO4. The van der Waals surface area contributed by atoms with Gasteiger partial charge in [-0.2, -0.15) is 0 Å². The number of fused-ring (bicyclic) bond motifs is 1. The first-order valence-electron chi connectivity index (χ1n) is 6.48. The molecule has 3 rings (SSSR count). The molecule has 0 spiro atoms. The van der Waals surface area contributed by atoms with Crippen LogP contribution in [0.15, 0.2) is 24.3 Å². The number of carboxylic acid groups (broad SMARTS) is 1. The summed E-state index contributed by atoms with van der Waals surface area (Å²) in [5.74, 6) is 0.497. The second kappa shape index (κ2) is 4.92. The minimum atomic E-state index is -0.931. The van der Waals surface area contributed by atoms with E-state index in [1.54, 1.807) is 13.0 Å². The standard InChI is InChI=1S/C15H15NO4/c1-9-11(15(17)18)8-12(16-9)10-3-4-13-14(7-10)20-6-2-5-19-13/h3-4,7-8,16H,2,5-6H2,1H3,(H,17,18). The highest BCUT2D eigenvalue weighted by molar-refractivity contribution is 5.91. The van der Waals surface area contributed by atoms with Crippen LogP contribution in [0.25, 0.3) is 11.3 Å². The molecule has 104 valence electrons. The van der Waals surface area contributed by atoms with Crippen LogP contribution in [0.2, 0.25) is 0 Å². The summed E-state index contributed by atoms with van der Waals surface area (Å²) in [7, 11) is 0. The molecule has 1 aliphatic heterocycles. The Morgan fingerprint density at radius 1 is 1.20 bits per heavy atom. The van der Waals surface area contributed by atoms with Gasteiger partial charge in [-0.3, -0.25) is 0 Å². The van der Waals surface area contributed by atoms with Gasteiger partial charge in [0, 0.05) is 23.4 Å². The van der Waals surface area contributed by atoms with E-state index in [0.717, 1.165) is 23.4 Å². The molecule has 0 amide bonds. The fraction of sp³-hybridized carbons (Fsp3) is 0.267. The van der Waals surface area contributed by atoms with Crippen LogP contribution in [-0.4, -0.2) is 29.3 Å². The molecule has 5 nitrogen and oxygen atoms in total. The summed E-state index contributed by atoms with van der Waals surface area (Å²) >= 11 is 0. The Morgan fingerprint density at radius 3 is 2.65 bits per heavy atom. The van der Waals surface area contributed by atoms with Crippen LogP contribution in [-0.2, 0) is 0 Å². The van der Waals surface area contributed by atoms with Crippen molar-refractivity contribution in [3.05, 3.63) is 35.5 Å². The lowest BCUT2D eigenvalue weighted by molar-refractivity contribution is 0.0696. The maximum atomic E-state index is 11.1. The number of H-pyrrole nitrogens is 1. The van der Waals surface area contributed by atoms with Gasteiger partial charge < -0.3 is 19.6 Å². The van der Waals surface area contributed by atoms with Crippen molar-refractivity contribution in [1.29, 1.82) is 0 Å². The molecule has 0 fully saturated rings. The summed E-state index contributed by atoms with van der Waals surface area (Å²) in [5.41, 5.74) is 2.56. The number of hydrogen-bond donors (Lipinski definition) is 2. The summed E-state index contributed by atoms with van der Waals surface area (Å²) in [6.45, 7) is 3.02. The van der Waals surface area contributed by atoms with Gasteiger partial charge in [-0.25, -0.2) is 4.79 Å². The van der Waals surface area contributed by atoms with Crippen molar-refractivity contribution < 1.29 is 19.4 Å². The number of nitrogens with one attached hydrogen (secondary N) is 1. The van der Waals surface area contributed by atoms with Gasteiger partial charge in [0.1, 0.15) is 0 Å². The molecule has 0 saturated carbocycles. The van der Waals surface area contributed by atoms with Crippen LogP contribution in [0, 0.1) is 6.92 Å². The first kappa shape index (κ1) is 12.6. The fourth-order valence-electron chi connectivity index (χ4n) is 2.27. The molecule has 0 saturated heterocycles. The fourth-order valence-corrected chi connectivity index (χ4v) is 2.27. The van der Waals surface area contributed by atoms with Gasteiger partial charge in [0.15, 0.2) is 11.5 Å². The van der Waals surface area contributed by atoms with E-state index in [9.17, 15) is 4.79 Å². The molecule has 2 heterocycles. The molecule has 20 heavy (non-hydrogen) atoms. The molecular weight excluding hydrogens is 258 g/mol. The highest BCUT2D eigenvalue weighted by atomic mass is 16.5. The number of aryl methyl sites for hydroxylation is 1. The lowest BCUT2D eigenvalue weighted by atomic mass is 10.1. The Morgan fingerprint density at radius 2 is 1.95 bits per heavy atom. The average Bonchev–Trinajstić information content (AvgIpc) is 2.68. The Kier molecular flexibility index (Phi) is 3.10. The van der Waals surface area contributed by atoms with E-state index in [1.807, 2.05) is 18.2 Å². The predicted molar refractivity (Wildman–Crippen MR) is 73.5 cm³/mol.